The fourth-order valence-electron chi connectivity index (χ4n) is 9.58. The maximum Gasteiger partial charge on any atom is 0.311 e. The molecule has 2 saturated carbocycles. The van der Waals surface area contributed by atoms with Crippen LogP contribution in [0, 0.1) is 55.7 Å². The molecule has 38 heavy (non-hydrogen) atoms. The summed E-state index contributed by atoms with van der Waals surface area (Å²) >= 11 is 0. The van der Waals surface area contributed by atoms with Crippen molar-refractivity contribution in [1.29, 1.82) is 5.26 Å². The van der Waals surface area contributed by atoms with E-state index in [0.717, 1.165) is 57.8 Å². The average Bonchev–Trinajstić information content (AvgIpc) is 2.96. The van der Waals surface area contributed by atoms with Gasteiger partial charge in [0.25, 0.3) is 0 Å². The lowest BCUT2D eigenvalue weighted by molar-refractivity contribution is -0.170. The van der Waals surface area contributed by atoms with E-state index in [1.165, 1.54) is 7.11 Å². The Bertz CT molecular complexity index is 1050. The lowest BCUT2D eigenvalue weighted by atomic mass is 9.38. The van der Waals surface area contributed by atoms with Gasteiger partial charge in [0.1, 0.15) is 6.07 Å². The van der Waals surface area contributed by atoms with Crippen molar-refractivity contribution in [2.24, 2.45) is 44.3 Å². The lowest BCUT2D eigenvalue weighted by Crippen LogP contribution is -2.61. The van der Waals surface area contributed by atoms with Gasteiger partial charge in [0.05, 0.1) is 24.2 Å². The van der Waals surface area contributed by atoms with Crippen molar-refractivity contribution < 1.29 is 19.1 Å². The van der Waals surface area contributed by atoms with Crippen LogP contribution in [0.1, 0.15) is 113 Å². The Morgan fingerprint density at radius 3 is 2.18 bits per heavy atom. The van der Waals surface area contributed by atoms with Crippen molar-refractivity contribution >= 4 is 11.8 Å². The highest BCUT2D eigenvalue weighted by atomic mass is 16.5. The van der Waals surface area contributed by atoms with Crippen LogP contribution in [0.3, 0.4) is 0 Å². The number of methoxy groups -OCH3 is 1. The normalized spacial score (nSPS) is 44.7. The topological polar surface area (TPSA) is 76.4 Å². The zero-order chi connectivity index (χ0) is 28.4. The number of esters is 1. The molecule has 3 fully saturated rings. The molecule has 5 nitrogen and oxygen atoms in total. The van der Waals surface area contributed by atoms with Crippen molar-refractivity contribution in [1.82, 2.24) is 0 Å². The van der Waals surface area contributed by atoms with Crippen molar-refractivity contribution in [3.8, 4) is 6.07 Å². The first kappa shape index (κ1) is 29.3. The molecule has 0 radical (unpaired) electrons. The highest BCUT2D eigenvalue weighted by Crippen LogP contribution is 2.70. The van der Waals surface area contributed by atoms with Crippen LogP contribution in [0.25, 0.3) is 0 Å². The number of carbonyl (C=O) groups excluding carboxylic acids is 2. The maximum atomic E-state index is 13.3. The van der Waals surface area contributed by atoms with Gasteiger partial charge in [0.15, 0.2) is 5.78 Å². The van der Waals surface area contributed by atoms with E-state index in [0.29, 0.717) is 12.2 Å². The molecule has 1 saturated heterocycles. The summed E-state index contributed by atoms with van der Waals surface area (Å²) in [6, 6.07) is 2.26. The Morgan fingerprint density at radius 1 is 0.895 bits per heavy atom. The van der Waals surface area contributed by atoms with Gasteiger partial charge in [0, 0.05) is 12.0 Å². The van der Waals surface area contributed by atoms with Gasteiger partial charge < -0.3 is 9.47 Å². The molecule has 0 amide bonds. The first-order valence-electron chi connectivity index (χ1n) is 14.9. The number of nitrogens with zero attached hydrogens (tertiary/aromatic N) is 1. The zero-order valence-corrected chi connectivity index (χ0v) is 25.5. The van der Waals surface area contributed by atoms with E-state index in [9.17, 15) is 14.9 Å². The minimum atomic E-state index is -0.562. The second-order valence-corrected chi connectivity index (χ2v) is 15.5. The summed E-state index contributed by atoms with van der Waals surface area (Å²) in [5.74, 6) is 0.362. The Balaban J connectivity index is 1.84. The predicted octanol–water partition coefficient (Wildman–Crippen LogP) is 7.44. The molecular formula is C33H51NO4. The quantitative estimate of drug-likeness (QED) is 0.333. The molecule has 1 unspecified atom stereocenters. The number of carbonyl (C=O) groups is 2. The van der Waals surface area contributed by atoms with Crippen LogP contribution < -0.4 is 0 Å². The summed E-state index contributed by atoms with van der Waals surface area (Å²) in [4.78, 5) is 26.4. The van der Waals surface area contributed by atoms with Crippen LogP contribution in [-0.4, -0.2) is 31.6 Å². The maximum absolute atomic E-state index is 13.3. The molecular weight excluding hydrogens is 474 g/mol. The van der Waals surface area contributed by atoms with Crippen LogP contribution in [0.2, 0.25) is 0 Å². The van der Waals surface area contributed by atoms with Gasteiger partial charge in [0.2, 0.25) is 0 Å². The number of ether oxygens (including phenoxy) is 2. The molecule has 0 aromatic carbocycles. The van der Waals surface area contributed by atoms with Gasteiger partial charge in [-0.15, -0.1) is 0 Å². The smallest absolute Gasteiger partial charge is 0.311 e. The minimum Gasteiger partial charge on any atom is -0.469 e. The summed E-state index contributed by atoms with van der Waals surface area (Å²) < 4.78 is 12.2. The standard InChI is InChI=1S/C33H51NO4/c1-28(2)13-11-25-33(8,18-17-30(5,16-15-28)27(36)37-9)32(7)14-10-23-29(3,4)26(35)22(21-34)20-31(23,6)24(32)12-19-38-25/h20,23-25H,10-19H2,1-9H3/t23-,24+,25?,30-,31-,32+,33+/m0/s1. The predicted molar refractivity (Wildman–Crippen MR) is 149 cm³/mol. The van der Waals surface area contributed by atoms with E-state index < -0.39 is 10.8 Å². The first-order valence-corrected chi connectivity index (χ1v) is 14.9. The highest BCUT2D eigenvalue weighted by molar-refractivity contribution is 6.04. The van der Waals surface area contributed by atoms with Crippen LogP contribution in [0.15, 0.2) is 11.6 Å². The molecule has 7 atom stereocenters. The van der Waals surface area contributed by atoms with Crippen LogP contribution in [0.4, 0.5) is 0 Å². The van der Waals surface area contributed by atoms with Crippen molar-refractivity contribution in [3.05, 3.63) is 11.6 Å². The third-order valence-corrected chi connectivity index (χ3v) is 12.6. The summed E-state index contributed by atoms with van der Waals surface area (Å²) in [6.07, 6.45) is 10.6. The van der Waals surface area contributed by atoms with Crippen LogP contribution in [-0.2, 0) is 19.1 Å². The van der Waals surface area contributed by atoms with E-state index in [1.54, 1.807) is 0 Å². The first-order chi connectivity index (χ1) is 17.5. The number of ketones is 1. The number of hydrogen-bond donors (Lipinski definition) is 0. The fourth-order valence-corrected chi connectivity index (χ4v) is 9.58. The molecule has 3 aliphatic carbocycles. The SMILES string of the molecule is COC(=O)[C@@]1(C)CCC(C)(C)CCC2OCC[C@@H]3[C@@]4(C)C=C(C#N)C(=O)C(C)(C)[C@@H]4CC[C@@]3(C)[C@]2(C)CC1. The highest BCUT2D eigenvalue weighted by Gasteiger charge is 2.66. The Kier molecular flexibility index (Phi) is 7.30. The fraction of sp³-hybridized carbons (Fsp3) is 0.848. The largest absolute Gasteiger partial charge is 0.469 e. The van der Waals surface area contributed by atoms with Gasteiger partial charge in [-0.05, 0) is 98.2 Å². The second kappa shape index (κ2) is 9.46. The number of hydrogen-bond acceptors (Lipinski definition) is 5. The molecule has 0 spiro atoms. The molecule has 0 aromatic rings. The molecule has 1 heterocycles. The third kappa shape index (κ3) is 4.29. The Hall–Kier alpha value is -1.67. The number of fused-ring (bicyclic) bond motifs is 5. The van der Waals surface area contributed by atoms with E-state index in [-0.39, 0.29) is 51.4 Å². The third-order valence-electron chi connectivity index (χ3n) is 12.6. The van der Waals surface area contributed by atoms with Gasteiger partial charge in [-0.25, -0.2) is 0 Å². The van der Waals surface area contributed by atoms with Crippen molar-refractivity contribution in [2.75, 3.05) is 13.7 Å². The molecule has 4 rings (SSSR count). The molecule has 1 aliphatic heterocycles. The number of nitriles is 1. The lowest BCUT2D eigenvalue weighted by Gasteiger charge is -2.65. The van der Waals surface area contributed by atoms with Gasteiger partial charge in [-0.1, -0.05) is 54.5 Å². The van der Waals surface area contributed by atoms with E-state index in [2.05, 4.69) is 67.5 Å². The van der Waals surface area contributed by atoms with Crippen molar-refractivity contribution in [2.45, 2.75) is 119 Å². The Morgan fingerprint density at radius 2 is 1.55 bits per heavy atom. The summed E-state index contributed by atoms with van der Waals surface area (Å²) in [5.41, 5.74) is -1.13. The summed E-state index contributed by atoms with van der Waals surface area (Å²) in [7, 11) is 1.52. The van der Waals surface area contributed by atoms with Gasteiger partial charge >= 0.3 is 5.97 Å². The molecule has 5 heteroatoms. The molecule has 4 aliphatic rings. The molecule has 0 N–H and O–H groups in total. The Labute approximate surface area is 231 Å². The van der Waals surface area contributed by atoms with Crippen LogP contribution in [0.5, 0.6) is 0 Å². The van der Waals surface area contributed by atoms with Crippen molar-refractivity contribution in [3.63, 3.8) is 0 Å². The zero-order valence-electron chi connectivity index (χ0n) is 25.5. The van der Waals surface area contributed by atoms with Gasteiger partial charge in [-0.2, -0.15) is 5.26 Å². The van der Waals surface area contributed by atoms with E-state index >= 15 is 0 Å². The number of Topliss-reactive ketones (excluding diaryl/α,β-unsaturated/α-hetero) is 1. The van der Waals surface area contributed by atoms with E-state index in [4.69, 9.17) is 9.47 Å². The molecule has 212 valence electrons. The van der Waals surface area contributed by atoms with E-state index in [1.807, 2.05) is 0 Å². The number of rotatable bonds is 1. The average molecular weight is 526 g/mol. The van der Waals surface area contributed by atoms with Gasteiger partial charge in [-0.3, -0.25) is 9.59 Å². The monoisotopic (exact) mass is 525 g/mol. The molecule has 0 aromatic heterocycles. The second-order valence-electron chi connectivity index (χ2n) is 15.5. The van der Waals surface area contributed by atoms with Crippen LogP contribution >= 0.6 is 0 Å². The minimum absolute atomic E-state index is 0.00481. The number of allylic oxidation sites excluding steroid dienone is 2. The summed E-state index contributed by atoms with van der Waals surface area (Å²) in [5, 5.41) is 9.95. The summed E-state index contributed by atoms with van der Waals surface area (Å²) in [6.45, 7) is 18.8. The molecule has 0 bridgehead atoms.